The highest BCUT2D eigenvalue weighted by Gasteiger charge is 2.45. The number of aliphatic carboxylic acids is 2. The number of carbonyl (C=O) groups is 3. The summed E-state index contributed by atoms with van der Waals surface area (Å²) in [5.41, 5.74) is -2.53. The molecule has 0 aromatic rings. The lowest BCUT2D eigenvalue weighted by molar-refractivity contribution is -0.302. The van der Waals surface area contributed by atoms with Crippen LogP contribution in [0.15, 0.2) is 0 Å². The molecule has 0 spiro atoms. The lowest BCUT2D eigenvalue weighted by Gasteiger charge is -2.22. The number of hydrogen-bond acceptors (Lipinski definition) is 6. The zero-order chi connectivity index (χ0) is 14.3. The molecule has 0 heterocycles. The number of carboxylic acid groups (broad SMARTS) is 2. The van der Waals surface area contributed by atoms with Crippen LogP contribution in [0.3, 0.4) is 0 Å². The standard InChI is InChI=1S/C9H15NO7S/c1-9(17-16,8(14)15)7(13)10-5(6(11)12)3-4-18-2/h5,16H,3-4H2,1-2H3,(H,10,13)(H,11,12)(H,14,15). The highest BCUT2D eigenvalue weighted by Crippen LogP contribution is 2.11. The third-order valence-electron chi connectivity index (χ3n) is 2.24. The Morgan fingerprint density at radius 1 is 1.39 bits per heavy atom. The van der Waals surface area contributed by atoms with Crippen LogP contribution in [0.1, 0.15) is 13.3 Å². The summed E-state index contributed by atoms with van der Waals surface area (Å²) in [6.45, 7) is 0.818. The van der Waals surface area contributed by atoms with Gasteiger partial charge < -0.3 is 15.5 Å². The minimum Gasteiger partial charge on any atom is -0.480 e. The van der Waals surface area contributed by atoms with Crippen LogP contribution >= 0.6 is 11.8 Å². The summed E-state index contributed by atoms with van der Waals surface area (Å²) in [5, 5.41) is 28.1. The lowest BCUT2D eigenvalue weighted by atomic mass is 10.1. The molecule has 4 N–H and O–H groups in total. The van der Waals surface area contributed by atoms with Crippen molar-refractivity contribution in [3.05, 3.63) is 0 Å². The van der Waals surface area contributed by atoms with E-state index in [2.05, 4.69) is 4.89 Å². The first-order valence-electron chi connectivity index (χ1n) is 4.88. The van der Waals surface area contributed by atoms with Crippen molar-refractivity contribution in [1.82, 2.24) is 5.32 Å². The molecule has 0 saturated carbocycles. The van der Waals surface area contributed by atoms with Gasteiger partial charge in [-0.05, 0) is 25.4 Å². The third kappa shape index (κ3) is 4.17. The van der Waals surface area contributed by atoms with E-state index in [9.17, 15) is 14.4 Å². The van der Waals surface area contributed by atoms with Crippen LogP contribution in [0.2, 0.25) is 0 Å². The molecular formula is C9H15NO7S. The second-order valence-electron chi connectivity index (χ2n) is 3.58. The quantitative estimate of drug-likeness (QED) is 0.269. The molecule has 0 aliphatic carbocycles. The van der Waals surface area contributed by atoms with Gasteiger partial charge in [0.15, 0.2) is 0 Å². The third-order valence-corrected chi connectivity index (χ3v) is 2.88. The van der Waals surface area contributed by atoms with Crippen LogP contribution in [-0.4, -0.2) is 57.0 Å². The predicted molar refractivity (Wildman–Crippen MR) is 62.3 cm³/mol. The van der Waals surface area contributed by atoms with Gasteiger partial charge in [0, 0.05) is 0 Å². The van der Waals surface area contributed by atoms with Crippen LogP contribution in [0, 0.1) is 0 Å². The van der Waals surface area contributed by atoms with Crippen molar-refractivity contribution in [3.63, 3.8) is 0 Å². The lowest BCUT2D eigenvalue weighted by Crippen LogP contribution is -2.56. The van der Waals surface area contributed by atoms with Gasteiger partial charge in [0.25, 0.3) is 11.5 Å². The van der Waals surface area contributed by atoms with Gasteiger partial charge in [-0.2, -0.15) is 11.8 Å². The second kappa shape index (κ2) is 7.19. The number of carbonyl (C=O) groups excluding carboxylic acids is 1. The number of thioether (sulfide) groups is 1. The van der Waals surface area contributed by atoms with E-state index in [1.54, 1.807) is 6.26 Å². The summed E-state index contributed by atoms with van der Waals surface area (Å²) in [4.78, 5) is 36.8. The maximum atomic E-state index is 11.6. The van der Waals surface area contributed by atoms with Crippen molar-refractivity contribution in [1.29, 1.82) is 0 Å². The van der Waals surface area contributed by atoms with E-state index in [1.807, 2.05) is 5.32 Å². The molecule has 0 aromatic carbocycles. The highest BCUT2D eigenvalue weighted by molar-refractivity contribution is 7.98. The Bertz CT molecular complexity index is 335. The van der Waals surface area contributed by atoms with E-state index < -0.39 is 29.5 Å². The first kappa shape index (κ1) is 16.7. The minimum absolute atomic E-state index is 0.128. The van der Waals surface area contributed by atoms with Crippen molar-refractivity contribution < 1.29 is 34.7 Å². The van der Waals surface area contributed by atoms with Crippen molar-refractivity contribution in [3.8, 4) is 0 Å². The highest BCUT2D eigenvalue weighted by atomic mass is 32.2. The van der Waals surface area contributed by atoms with E-state index >= 15 is 0 Å². The molecular weight excluding hydrogens is 266 g/mol. The summed E-state index contributed by atoms with van der Waals surface area (Å²) >= 11 is 1.38. The van der Waals surface area contributed by atoms with Gasteiger partial charge >= 0.3 is 11.9 Å². The minimum atomic E-state index is -2.53. The molecule has 0 fully saturated rings. The molecule has 9 heteroatoms. The number of nitrogens with one attached hydrogen (secondary N) is 1. The van der Waals surface area contributed by atoms with Gasteiger partial charge in [0.05, 0.1) is 0 Å². The van der Waals surface area contributed by atoms with Gasteiger partial charge in [-0.1, -0.05) is 0 Å². The predicted octanol–water partition coefficient (Wildman–Crippen LogP) is -0.358. The Balaban J connectivity index is 4.77. The average Bonchev–Trinajstić information content (AvgIpc) is 2.32. The summed E-state index contributed by atoms with van der Waals surface area (Å²) in [6, 6.07) is -1.24. The molecule has 8 nitrogen and oxygen atoms in total. The zero-order valence-corrected chi connectivity index (χ0v) is 10.7. The molecule has 2 unspecified atom stereocenters. The SMILES string of the molecule is CSCCC(NC(=O)C(C)(OO)C(=O)O)C(=O)O. The second-order valence-corrected chi connectivity index (χ2v) is 4.56. The molecule has 0 aromatic heterocycles. The monoisotopic (exact) mass is 281 g/mol. The van der Waals surface area contributed by atoms with Gasteiger partial charge in [-0.3, -0.25) is 10.1 Å². The maximum absolute atomic E-state index is 11.6. The smallest absolute Gasteiger partial charge is 0.349 e. The topological polar surface area (TPSA) is 133 Å². The Hall–Kier alpha value is -1.32. The molecule has 0 radical (unpaired) electrons. The van der Waals surface area contributed by atoms with Crippen molar-refractivity contribution in [2.24, 2.45) is 0 Å². The fourth-order valence-electron chi connectivity index (χ4n) is 0.967. The number of rotatable bonds is 8. The van der Waals surface area contributed by atoms with E-state index in [-0.39, 0.29) is 6.42 Å². The van der Waals surface area contributed by atoms with E-state index in [4.69, 9.17) is 15.5 Å². The molecule has 0 rings (SSSR count). The summed E-state index contributed by atoms with van der Waals surface area (Å²) in [7, 11) is 0. The van der Waals surface area contributed by atoms with Crippen LogP contribution in [0.5, 0.6) is 0 Å². The summed E-state index contributed by atoms with van der Waals surface area (Å²) < 4.78 is 0. The van der Waals surface area contributed by atoms with Gasteiger partial charge in [-0.15, -0.1) is 0 Å². The van der Waals surface area contributed by atoms with E-state index in [0.717, 1.165) is 6.92 Å². The van der Waals surface area contributed by atoms with E-state index in [0.29, 0.717) is 5.75 Å². The average molecular weight is 281 g/mol. The van der Waals surface area contributed by atoms with Gasteiger partial charge in [0.1, 0.15) is 6.04 Å². The Labute approximate surface area is 107 Å². The Morgan fingerprint density at radius 3 is 2.28 bits per heavy atom. The maximum Gasteiger partial charge on any atom is 0.349 e. The Kier molecular flexibility index (Phi) is 6.66. The number of amides is 1. The number of hydrogen-bond donors (Lipinski definition) is 4. The molecule has 0 saturated heterocycles. The zero-order valence-electron chi connectivity index (χ0n) is 9.87. The number of carboxylic acids is 2. The first-order valence-corrected chi connectivity index (χ1v) is 6.27. The van der Waals surface area contributed by atoms with Crippen LogP contribution in [0.4, 0.5) is 0 Å². The van der Waals surface area contributed by atoms with Crippen LogP contribution in [-0.2, 0) is 19.3 Å². The molecule has 0 bridgehead atoms. The molecule has 1 amide bonds. The molecule has 2 atom stereocenters. The largest absolute Gasteiger partial charge is 0.480 e. The van der Waals surface area contributed by atoms with Gasteiger partial charge in [0.2, 0.25) is 0 Å². The summed E-state index contributed by atoms with van der Waals surface area (Å²) in [5.74, 6) is -3.77. The molecule has 0 aliphatic rings. The van der Waals surface area contributed by atoms with Crippen molar-refractivity contribution in [2.75, 3.05) is 12.0 Å². The molecule has 18 heavy (non-hydrogen) atoms. The van der Waals surface area contributed by atoms with Crippen LogP contribution in [0.25, 0.3) is 0 Å². The normalized spacial score (nSPS) is 15.5. The van der Waals surface area contributed by atoms with Gasteiger partial charge in [-0.25, -0.2) is 14.5 Å². The fraction of sp³-hybridized carbons (Fsp3) is 0.667. The molecule has 0 aliphatic heterocycles. The summed E-state index contributed by atoms with van der Waals surface area (Å²) in [6.07, 6.45) is 1.89. The first-order chi connectivity index (χ1) is 8.29. The van der Waals surface area contributed by atoms with Crippen molar-refractivity contribution >= 4 is 29.6 Å². The van der Waals surface area contributed by atoms with E-state index in [1.165, 1.54) is 11.8 Å². The fourth-order valence-corrected chi connectivity index (χ4v) is 1.44. The van der Waals surface area contributed by atoms with Crippen molar-refractivity contribution in [2.45, 2.75) is 25.0 Å². The Morgan fingerprint density at radius 2 is 1.94 bits per heavy atom. The van der Waals surface area contributed by atoms with Crippen LogP contribution < -0.4 is 5.32 Å². The molecule has 104 valence electrons.